The minimum Gasteiger partial charge on any atom is -0.396 e. The van der Waals surface area contributed by atoms with Crippen LogP contribution >= 0.6 is 23.2 Å². The summed E-state index contributed by atoms with van der Waals surface area (Å²) in [6.45, 7) is 1.94. The average molecular weight is 297 g/mol. The molecule has 1 unspecified atom stereocenters. The van der Waals surface area contributed by atoms with Crippen LogP contribution in [0.25, 0.3) is 0 Å². The van der Waals surface area contributed by atoms with Gasteiger partial charge in [-0.05, 0) is 34.9 Å². The third kappa shape index (κ3) is 3.66. The van der Waals surface area contributed by atoms with Crippen LogP contribution in [-0.2, 0) is 6.42 Å². The summed E-state index contributed by atoms with van der Waals surface area (Å²) >= 11 is 11.7. The summed E-state index contributed by atoms with van der Waals surface area (Å²) in [5.74, 6) is -0.0669. The molecular formula is C14H14Cl2N2O. The molecule has 2 rings (SSSR count). The van der Waals surface area contributed by atoms with Crippen LogP contribution in [0, 0.1) is 0 Å². The first-order valence-corrected chi connectivity index (χ1v) is 6.72. The van der Waals surface area contributed by atoms with Gasteiger partial charge in [0, 0.05) is 23.6 Å². The molecule has 1 atom stereocenters. The Morgan fingerprint density at radius 3 is 2.53 bits per heavy atom. The van der Waals surface area contributed by atoms with Gasteiger partial charge in [-0.2, -0.15) is 0 Å². The first kappa shape index (κ1) is 14.3. The van der Waals surface area contributed by atoms with Crippen LogP contribution < -0.4 is 0 Å². The maximum Gasteiger partial charge on any atom is 0.222 e. The van der Waals surface area contributed by atoms with Gasteiger partial charge < -0.3 is 5.11 Å². The van der Waals surface area contributed by atoms with Gasteiger partial charge in [-0.15, -0.1) is 0 Å². The van der Waals surface area contributed by atoms with Crippen LogP contribution in [0.4, 0.5) is 0 Å². The van der Waals surface area contributed by atoms with Gasteiger partial charge in [0.2, 0.25) is 5.28 Å². The van der Waals surface area contributed by atoms with E-state index in [1.54, 1.807) is 6.20 Å². The summed E-state index contributed by atoms with van der Waals surface area (Å²) in [5, 5.41) is 10.2. The van der Waals surface area contributed by atoms with E-state index in [1.807, 2.05) is 31.2 Å². The van der Waals surface area contributed by atoms with Gasteiger partial charge in [0.15, 0.2) is 0 Å². The topological polar surface area (TPSA) is 46.0 Å². The number of aromatic nitrogens is 2. The fourth-order valence-electron chi connectivity index (χ4n) is 1.87. The number of aliphatic hydroxyl groups is 1. The van der Waals surface area contributed by atoms with Crippen LogP contribution in [0.15, 0.2) is 30.5 Å². The summed E-state index contributed by atoms with van der Waals surface area (Å²) in [6, 6.07) is 7.63. The molecular weight excluding hydrogens is 283 g/mol. The van der Waals surface area contributed by atoms with Crippen molar-refractivity contribution >= 4 is 23.2 Å². The Balaban J connectivity index is 2.31. The molecule has 0 radical (unpaired) electrons. The second-order valence-electron chi connectivity index (χ2n) is 4.44. The first-order chi connectivity index (χ1) is 9.10. The van der Waals surface area contributed by atoms with Gasteiger partial charge in [-0.3, -0.25) is 0 Å². The molecule has 0 aliphatic rings. The quantitative estimate of drug-likeness (QED) is 0.879. The Bertz CT molecular complexity index is 558. The van der Waals surface area contributed by atoms with Gasteiger partial charge in [0.05, 0.1) is 12.3 Å². The monoisotopic (exact) mass is 296 g/mol. The minimum atomic E-state index is -0.0669. The van der Waals surface area contributed by atoms with Crippen molar-refractivity contribution in [1.29, 1.82) is 0 Å². The number of rotatable bonds is 4. The van der Waals surface area contributed by atoms with Gasteiger partial charge in [0.1, 0.15) is 0 Å². The summed E-state index contributed by atoms with van der Waals surface area (Å²) < 4.78 is 0. The highest BCUT2D eigenvalue weighted by Gasteiger charge is 2.13. The van der Waals surface area contributed by atoms with Crippen molar-refractivity contribution in [3.8, 4) is 0 Å². The van der Waals surface area contributed by atoms with E-state index in [0.29, 0.717) is 11.4 Å². The van der Waals surface area contributed by atoms with E-state index in [2.05, 4.69) is 9.97 Å². The maximum absolute atomic E-state index is 9.29. The fourth-order valence-corrected chi connectivity index (χ4v) is 2.13. The molecule has 3 nitrogen and oxygen atoms in total. The zero-order chi connectivity index (χ0) is 13.8. The van der Waals surface area contributed by atoms with Crippen molar-refractivity contribution in [1.82, 2.24) is 9.97 Å². The van der Waals surface area contributed by atoms with Gasteiger partial charge in [-0.1, -0.05) is 30.7 Å². The lowest BCUT2D eigenvalue weighted by Gasteiger charge is -2.13. The lowest BCUT2D eigenvalue weighted by molar-refractivity contribution is 0.270. The molecule has 5 heteroatoms. The van der Waals surface area contributed by atoms with Crippen molar-refractivity contribution in [3.05, 3.63) is 57.6 Å². The highest BCUT2D eigenvalue weighted by atomic mass is 35.5. The SMILES string of the molecule is CC(CO)c1nc(Cl)ncc1Cc1ccc(Cl)cc1. The Morgan fingerprint density at radius 1 is 1.21 bits per heavy atom. The molecule has 1 N–H and O–H groups in total. The van der Waals surface area contributed by atoms with Gasteiger partial charge >= 0.3 is 0 Å². The third-order valence-electron chi connectivity index (χ3n) is 2.92. The first-order valence-electron chi connectivity index (χ1n) is 5.96. The van der Waals surface area contributed by atoms with Crippen LogP contribution in [0.5, 0.6) is 0 Å². The largest absolute Gasteiger partial charge is 0.396 e. The van der Waals surface area contributed by atoms with Crippen molar-refractivity contribution < 1.29 is 5.11 Å². The molecule has 19 heavy (non-hydrogen) atoms. The van der Waals surface area contributed by atoms with E-state index in [4.69, 9.17) is 23.2 Å². The summed E-state index contributed by atoms with van der Waals surface area (Å²) in [6.07, 6.45) is 2.40. The second kappa shape index (κ2) is 6.33. The Morgan fingerprint density at radius 2 is 1.89 bits per heavy atom. The Labute approximate surface area is 122 Å². The molecule has 0 spiro atoms. The average Bonchev–Trinajstić information content (AvgIpc) is 2.42. The van der Waals surface area contributed by atoms with Crippen LogP contribution in [0.1, 0.15) is 29.7 Å². The summed E-state index contributed by atoms with van der Waals surface area (Å²) in [4.78, 5) is 8.24. The van der Waals surface area contributed by atoms with Crippen LogP contribution in [0.2, 0.25) is 10.3 Å². The van der Waals surface area contributed by atoms with E-state index in [1.165, 1.54) is 0 Å². The highest BCUT2D eigenvalue weighted by molar-refractivity contribution is 6.30. The normalized spacial score (nSPS) is 12.4. The maximum atomic E-state index is 9.29. The molecule has 1 aromatic heterocycles. The highest BCUT2D eigenvalue weighted by Crippen LogP contribution is 2.21. The number of benzene rings is 1. The lowest BCUT2D eigenvalue weighted by atomic mass is 9.99. The number of halogens is 2. The molecule has 0 aliphatic heterocycles. The Hall–Kier alpha value is -1.16. The van der Waals surface area contributed by atoms with E-state index < -0.39 is 0 Å². The number of aliphatic hydroxyl groups excluding tert-OH is 1. The molecule has 0 aliphatic carbocycles. The van der Waals surface area contributed by atoms with E-state index in [-0.39, 0.29) is 17.8 Å². The van der Waals surface area contributed by atoms with Gasteiger partial charge in [-0.25, -0.2) is 9.97 Å². The number of hydrogen-bond acceptors (Lipinski definition) is 3. The molecule has 0 bridgehead atoms. The van der Waals surface area contributed by atoms with Crippen molar-refractivity contribution in [2.24, 2.45) is 0 Å². The minimum absolute atomic E-state index is 0.0287. The lowest BCUT2D eigenvalue weighted by Crippen LogP contribution is -2.08. The van der Waals surface area contributed by atoms with Crippen LogP contribution in [0.3, 0.4) is 0 Å². The standard InChI is InChI=1S/C14H14Cl2N2O/c1-9(8-19)13-11(7-17-14(16)18-13)6-10-2-4-12(15)5-3-10/h2-5,7,9,19H,6,8H2,1H3. The van der Waals surface area contributed by atoms with Crippen molar-refractivity contribution in [3.63, 3.8) is 0 Å². The Kier molecular flexibility index (Phi) is 4.75. The molecule has 100 valence electrons. The number of hydrogen-bond donors (Lipinski definition) is 1. The predicted octanol–water partition coefficient (Wildman–Crippen LogP) is 3.47. The molecule has 0 saturated heterocycles. The molecule has 0 amide bonds. The molecule has 1 aromatic carbocycles. The van der Waals surface area contributed by atoms with Crippen molar-refractivity contribution in [2.75, 3.05) is 6.61 Å². The summed E-state index contributed by atoms with van der Waals surface area (Å²) in [5.41, 5.74) is 2.87. The predicted molar refractivity (Wildman–Crippen MR) is 76.8 cm³/mol. The van der Waals surface area contributed by atoms with Crippen LogP contribution in [-0.4, -0.2) is 21.7 Å². The zero-order valence-electron chi connectivity index (χ0n) is 10.5. The molecule has 1 heterocycles. The van der Waals surface area contributed by atoms with E-state index in [9.17, 15) is 5.11 Å². The van der Waals surface area contributed by atoms with E-state index in [0.717, 1.165) is 16.8 Å². The fraction of sp³-hybridized carbons (Fsp3) is 0.286. The molecule has 2 aromatic rings. The molecule has 0 saturated carbocycles. The number of nitrogens with zero attached hydrogens (tertiary/aromatic N) is 2. The van der Waals surface area contributed by atoms with E-state index >= 15 is 0 Å². The second-order valence-corrected chi connectivity index (χ2v) is 5.21. The van der Waals surface area contributed by atoms with Gasteiger partial charge in [0.25, 0.3) is 0 Å². The molecule has 0 fully saturated rings. The van der Waals surface area contributed by atoms with Crippen molar-refractivity contribution in [2.45, 2.75) is 19.3 Å². The summed E-state index contributed by atoms with van der Waals surface area (Å²) in [7, 11) is 0. The zero-order valence-corrected chi connectivity index (χ0v) is 12.0. The smallest absolute Gasteiger partial charge is 0.222 e. The third-order valence-corrected chi connectivity index (χ3v) is 3.35.